The summed E-state index contributed by atoms with van der Waals surface area (Å²) in [5.74, 6) is -0.608. The van der Waals surface area contributed by atoms with Gasteiger partial charge in [0.2, 0.25) is 0 Å². The second kappa shape index (κ2) is 5.31. The van der Waals surface area contributed by atoms with Gasteiger partial charge in [0, 0.05) is 6.54 Å². The van der Waals surface area contributed by atoms with Crippen molar-refractivity contribution in [2.75, 3.05) is 6.54 Å². The summed E-state index contributed by atoms with van der Waals surface area (Å²) in [4.78, 5) is 10.8. The van der Waals surface area contributed by atoms with Crippen molar-refractivity contribution >= 4 is 23.5 Å². The molecule has 4 nitrogen and oxygen atoms in total. The SMILES string of the molecule is O=C(C=S)NCCc1ccc(O)c(O)c1. The maximum Gasteiger partial charge on any atom is 0.254 e. The molecule has 0 spiro atoms. The number of amides is 1. The maximum absolute atomic E-state index is 10.8. The smallest absolute Gasteiger partial charge is 0.254 e. The van der Waals surface area contributed by atoms with Crippen LogP contribution in [0.4, 0.5) is 0 Å². The second-order valence-corrected chi connectivity index (χ2v) is 3.22. The molecule has 0 bridgehead atoms. The van der Waals surface area contributed by atoms with Gasteiger partial charge in [-0.25, -0.2) is 0 Å². The molecule has 0 aliphatic heterocycles. The van der Waals surface area contributed by atoms with Crippen molar-refractivity contribution in [2.45, 2.75) is 6.42 Å². The summed E-state index contributed by atoms with van der Waals surface area (Å²) in [6, 6.07) is 4.54. The van der Waals surface area contributed by atoms with Crippen LogP contribution in [0.3, 0.4) is 0 Å². The highest BCUT2D eigenvalue weighted by molar-refractivity contribution is 7.80. The van der Waals surface area contributed by atoms with Gasteiger partial charge < -0.3 is 15.5 Å². The lowest BCUT2D eigenvalue weighted by Gasteiger charge is -2.04. The lowest BCUT2D eigenvalue weighted by Crippen LogP contribution is -2.25. The van der Waals surface area contributed by atoms with Gasteiger partial charge >= 0.3 is 0 Å². The fourth-order valence-corrected chi connectivity index (χ4v) is 1.18. The van der Waals surface area contributed by atoms with Crippen LogP contribution in [0.2, 0.25) is 0 Å². The van der Waals surface area contributed by atoms with E-state index in [1.54, 1.807) is 6.07 Å². The number of carbonyl (C=O) groups excluding carboxylic acids is 1. The molecule has 15 heavy (non-hydrogen) atoms. The summed E-state index contributed by atoms with van der Waals surface area (Å²) in [7, 11) is 0. The van der Waals surface area contributed by atoms with Crippen molar-refractivity contribution in [1.29, 1.82) is 0 Å². The second-order valence-electron chi connectivity index (χ2n) is 2.98. The average molecular weight is 225 g/mol. The Morgan fingerprint density at radius 2 is 2.13 bits per heavy atom. The number of carbonyl (C=O) groups is 1. The lowest BCUT2D eigenvalue weighted by atomic mass is 10.1. The van der Waals surface area contributed by atoms with Crippen molar-refractivity contribution in [2.24, 2.45) is 0 Å². The van der Waals surface area contributed by atoms with Gasteiger partial charge in [-0.1, -0.05) is 18.3 Å². The topological polar surface area (TPSA) is 69.6 Å². The largest absolute Gasteiger partial charge is 0.504 e. The Kier molecular flexibility index (Phi) is 4.05. The first kappa shape index (κ1) is 11.5. The summed E-state index contributed by atoms with van der Waals surface area (Å²) in [6.45, 7) is 0.441. The zero-order valence-electron chi connectivity index (χ0n) is 7.93. The van der Waals surface area contributed by atoms with Gasteiger partial charge in [0.15, 0.2) is 11.5 Å². The van der Waals surface area contributed by atoms with Gasteiger partial charge in [0.1, 0.15) is 0 Å². The van der Waals surface area contributed by atoms with Crippen LogP contribution in [0.1, 0.15) is 5.56 Å². The third-order valence-electron chi connectivity index (χ3n) is 1.86. The third-order valence-corrected chi connectivity index (χ3v) is 2.07. The molecule has 1 aromatic rings. The van der Waals surface area contributed by atoms with Crippen LogP contribution in [-0.4, -0.2) is 28.0 Å². The van der Waals surface area contributed by atoms with Crippen LogP contribution in [-0.2, 0) is 11.2 Å². The van der Waals surface area contributed by atoms with Crippen LogP contribution in [0.15, 0.2) is 18.2 Å². The zero-order chi connectivity index (χ0) is 11.3. The highest BCUT2D eigenvalue weighted by atomic mass is 32.1. The van der Waals surface area contributed by atoms with Gasteiger partial charge in [0.25, 0.3) is 5.91 Å². The first-order chi connectivity index (χ1) is 7.13. The van der Waals surface area contributed by atoms with Crippen LogP contribution in [0.25, 0.3) is 0 Å². The Morgan fingerprint density at radius 3 is 2.73 bits per heavy atom. The minimum atomic E-state index is -0.298. The molecule has 0 saturated heterocycles. The fourth-order valence-electron chi connectivity index (χ4n) is 1.10. The monoisotopic (exact) mass is 225 g/mol. The predicted octanol–water partition coefficient (Wildman–Crippen LogP) is 0.756. The lowest BCUT2D eigenvalue weighted by molar-refractivity contribution is -0.114. The molecule has 0 fully saturated rings. The molecule has 1 amide bonds. The van der Waals surface area contributed by atoms with Gasteiger partial charge in [-0.3, -0.25) is 4.79 Å². The molecular weight excluding hydrogens is 214 g/mol. The molecule has 0 saturated carbocycles. The Hall–Kier alpha value is -1.62. The van der Waals surface area contributed by atoms with E-state index in [1.165, 1.54) is 12.1 Å². The minimum Gasteiger partial charge on any atom is -0.504 e. The van der Waals surface area contributed by atoms with E-state index in [0.717, 1.165) is 10.9 Å². The van der Waals surface area contributed by atoms with Crippen LogP contribution in [0, 0.1) is 0 Å². The van der Waals surface area contributed by atoms with Gasteiger partial charge in [0.05, 0.1) is 5.37 Å². The van der Waals surface area contributed by atoms with Gasteiger partial charge in [-0.15, -0.1) is 0 Å². The first-order valence-electron chi connectivity index (χ1n) is 4.37. The van der Waals surface area contributed by atoms with E-state index < -0.39 is 0 Å². The molecule has 0 aliphatic carbocycles. The number of benzene rings is 1. The molecule has 0 aliphatic rings. The van der Waals surface area contributed by atoms with Crippen molar-refractivity contribution < 1.29 is 15.0 Å². The molecule has 3 N–H and O–H groups in total. The first-order valence-corrected chi connectivity index (χ1v) is 4.84. The molecule has 80 valence electrons. The molecule has 1 rings (SSSR count). The Morgan fingerprint density at radius 1 is 1.40 bits per heavy atom. The van der Waals surface area contributed by atoms with E-state index in [1.807, 2.05) is 0 Å². The standard InChI is InChI=1S/C10H11NO3S/c12-8-2-1-7(5-9(8)13)3-4-11-10(14)6-15/h1-2,5-6,12-13H,3-4H2,(H,11,14). The molecule has 1 aromatic carbocycles. The van der Waals surface area contributed by atoms with Crippen molar-refractivity contribution in [3.63, 3.8) is 0 Å². The van der Waals surface area contributed by atoms with E-state index in [2.05, 4.69) is 17.5 Å². The highest BCUT2D eigenvalue weighted by Gasteiger charge is 2.01. The normalized spacial score (nSPS) is 9.60. The predicted molar refractivity (Wildman–Crippen MR) is 60.1 cm³/mol. The Bertz CT molecular complexity index is 379. The number of thiocarbonyl (C=S) groups is 1. The molecule has 0 unspecified atom stereocenters. The van der Waals surface area contributed by atoms with Crippen LogP contribution >= 0.6 is 12.2 Å². The molecule has 0 atom stereocenters. The van der Waals surface area contributed by atoms with E-state index in [0.29, 0.717) is 13.0 Å². The number of nitrogens with one attached hydrogen (secondary N) is 1. The quantitative estimate of drug-likeness (QED) is 0.522. The van der Waals surface area contributed by atoms with E-state index >= 15 is 0 Å². The van der Waals surface area contributed by atoms with Crippen molar-refractivity contribution in [3.8, 4) is 11.5 Å². The summed E-state index contributed by atoms with van der Waals surface area (Å²) in [6.07, 6.45) is 0.572. The summed E-state index contributed by atoms with van der Waals surface area (Å²) in [5.41, 5.74) is 0.829. The number of hydrogen-bond acceptors (Lipinski definition) is 4. The Balaban J connectivity index is 2.48. The fraction of sp³-hybridized carbons (Fsp3) is 0.200. The zero-order valence-corrected chi connectivity index (χ0v) is 8.75. The van der Waals surface area contributed by atoms with E-state index in [-0.39, 0.29) is 17.4 Å². The number of phenolic OH excluding ortho intramolecular Hbond substituents is 2. The number of phenols is 2. The number of rotatable bonds is 4. The summed E-state index contributed by atoms with van der Waals surface area (Å²) in [5, 5.41) is 21.9. The molecule has 0 radical (unpaired) electrons. The minimum absolute atomic E-state index is 0.151. The number of hydrogen-bond donors (Lipinski definition) is 3. The molecule has 5 heteroatoms. The molecule has 0 aromatic heterocycles. The maximum atomic E-state index is 10.8. The average Bonchev–Trinajstić information content (AvgIpc) is 2.23. The number of aromatic hydroxyl groups is 2. The molecule has 0 heterocycles. The van der Waals surface area contributed by atoms with Crippen LogP contribution in [0.5, 0.6) is 11.5 Å². The highest BCUT2D eigenvalue weighted by Crippen LogP contribution is 2.24. The van der Waals surface area contributed by atoms with Crippen LogP contribution < -0.4 is 5.32 Å². The van der Waals surface area contributed by atoms with E-state index in [9.17, 15) is 9.90 Å². The Labute approximate surface area is 92.5 Å². The summed E-state index contributed by atoms with van der Waals surface area (Å²) >= 11 is 4.43. The summed E-state index contributed by atoms with van der Waals surface area (Å²) < 4.78 is 0. The van der Waals surface area contributed by atoms with Gasteiger partial charge in [-0.05, 0) is 24.1 Å². The molecular formula is C10H11NO3S. The van der Waals surface area contributed by atoms with Crippen molar-refractivity contribution in [3.05, 3.63) is 23.8 Å². The van der Waals surface area contributed by atoms with Gasteiger partial charge in [-0.2, -0.15) is 0 Å². The van der Waals surface area contributed by atoms with E-state index in [4.69, 9.17) is 5.11 Å². The third kappa shape index (κ3) is 3.55. The van der Waals surface area contributed by atoms with Crippen molar-refractivity contribution in [1.82, 2.24) is 5.32 Å².